The van der Waals surface area contributed by atoms with Crippen molar-refractivity contribution in [3.05, 3.63) is 33.4 Å². The van der Waals surface area contributed by atoms with E-state index < -0.39 is 34.3 Å². The summed E-state index contributed by atoms with van der Waals surface area (Å²) in [6.45, 7) is 5.93. The maximum Gasteiger partial charge on any atom is 0.410 e. The molecule has 1 amide bonds. The molecule has 1 saturated heterocycles. The van der Waals surface area contributed by atoms with Crippen molar-refractivity contribution in [2.24, 2.45) is 5.84 Å². The largest absolute Gasteiger partial charge is 0.465 e. The van der Waals surface area contributed by atoms with E-state index in [1.54, 1.807) is 20.8 Å². The number of likely N-dealkylation sites (tertiary alicyclic amines) is 1. The first-order chi connectivity index (χ1) is 14.5. The van der Waals surface area contributed by atoms with Gasteiger partial charge in [0.25, 0.3) is 5.69 Å². The molecule has 0 aliphatic carbocycles. The Kier molecular flexibility index (Phi) is 7.41. The van der Waals surface area contributed by atoms with Gasteiger partial charge in [-0.15, -0.1) is 0 Å². The first-order valence-electron chi connectivity index (χ1n) is 9.81. The zero-order valence-electron chi connectivity index (χ0n) is 18.1. The summed E-state index contributed by atoms with van der Waals surface area (Å²) in [4.78, 5) is 36.9. The SMILES string of the molecule is COC(=O)c1cc(C#N)c(N(N)C2CCCCN(C(=O)OC(C)(C)C)C2)c([N+](=O)[O-])c1. The molecule has 0 bridgehead atoms. The van der Waals surface area contributed by atoms with Crippen LogP contribution in [0.5, 0.6) is 0 Å². The van der Waals surface area contributed by atoms with Crippen molar-refractivity contribution in [1.29, 1.82) is 5.26 Å². The van der Waals surface area contributed by atoms with Crippen LogP contribution >= 0.6 is 0 Å². The zero-order valence-corrected chi connectivity index (χ0v) is 18.1. The second-order valence-electron chi connectivity index (χ2n) is 8.24. The maximum absolute atomic E-state index is 12.6. The molecule has 0 spiro atoms. The molecule has 1 aliphatic rings. The van der Waals surface area contributed by atoms with Gasteiger partial charge in [0.1, 0.15) is 17.4 Å². The van der Waals surface area contributed by atoms with E-state index in [-0.39, 0.29) is 23.4 Å². The summed E-state index contributed by atoms with van der Waals surface area (Å²) >= 11 is 0. The second-order valence-corrected chi connectivity index (χ2v) is 8.24. The van der Waals surface area contributed by atoms with E-state index in [0.717, 1.165) is 31.0 Å². The number of amides is 1. The van der Waals surface area contributed by atoms with Crippen molar-refractivity contribution in [3.63, 3.8) is 0 Å². The highest BCUT2D eigenvalue weighted by molar-refractivity contribution is 5.92. The Morgan fingerprint density at radius 1 is 1.35 bits per heavy atom. The molecule has 2 N–H and O–H groups in total. The van der Waals surface area contributed by atoms with Gasteiger partial charge in [-0.05, 0) is 46.1 Å². The molecule has 2 rings (SSSR count). The minimum absolute atomic E-state index is 0.115. The molecule has 1 aromatic rings. The fraction of sp³-hybridized carbons (Fsp3) is 0.550. The standard InChI is InChI=1S/C20H27N5O6/c1-20(2,3)31-19(27)23-8-6-5-7-15(12-23)24(22)17-14(11-21)9-13(18(26)30-4)10-16(17)25(28)29/h9-10,15H,5-8,12,22H2,1-4H3. The van der Waals surface area contributed by atoms with Gasteiger partial charge in [0.15, 0.2) is 0 Å². The van der Waals surface area contributed by atoms with E-state index in [2.05, 4.69) is 4.74 Å². The number of nitro benzene ring substituents is 1. The van der Waals surface area contributed by atoms with Gasteiger partial charge < -0.3 is 14.4 Å². The van der Waals surface area contributed by atoms with Crippen molar-refractivity contribution in [3.8, 4) is 6.07 Å². The Balaban J connectivity index is 2.43. The van der Waals surface area contributed by atoms with Gasteiger partial charge in [-0.3, -0.25) is 15.1 Å². The smallest absolute Gasteiger partial charge is 0.410 e. The van der Waals surface area contributed by atoms with Crippen molar-refractivity contribution in [2.75, 3.05) is 25.2 Å². The topological polar surface area (TPSA) is 152 Å². The average Bonchev–Trinajstić information content (AvgIpc) is 2.96. The van der Waals surface area contributed by atoms with Crippen LogP contribution in [-0.4, -0.2) is 53.7 Å². The number of benzene rings is 1. The minimum Gasteiger partial charge on any atom is -0.465 e. The summed E-state index contributed by atoms with van der Waals surface area (Å²) in [5, 5.41) is 22.5. The van der Waals surface area contributed by atoms with Crippen LogP contribution < -0.4 is 10.9 Å². The number of nitrogens with zero attached hydrogens (tertiary/aromatic N) is 4. The van der Waals surface area contributed by atoms with E-state index in [9.17, 15) is 25.0 Å². The molecule has 0 saturated carbocycles. The lowest BCUT2D eigenvalue weighted by Crippen LogP contribution is -2.49. The number of hydrogen-bond donors (Lipinski definition) is 1. The minimum atomic E-state index is -0.805. The molecule has 11 nitrogen and oxygen atoms in total. The van der Waals surface area contributed by atoms with Crippen LogP contribution in [0.1, 0.15) is 56.0 Å². The highest BCUT2D eigenvalue weighted by Crippen LogP contribution is 2.34. The third kappa shape index (κ3) is 5.82. The summed E-state index contributed by atoms with van der Waals surface area (Å²) < 4.78 is 10.1. The summed E-state index contributed by atoms with van der Waals surface area (Å²) in [6.07, 6.45) is 1.51. The van der Waals surface area contributed by atoms with E-state index >= 15 is 0 Å². The van der Waals surface area contributed by atoms with Crippen LogP contribution in [0.4, 0.5) is 16.2 Å². The van der Waals surface area contributed by atoms with Crippen LogP contribution in [-0.2, 0) is 9.47 Å². The predicted octanol–water partition coefficient (Wildman–Crippen LogP) is 2.72. The fourth-order valence-electron chi connectivity index (χ4n) is 3.37. The number of carbonyl (C=O) groups excluding carboxylic acids is 2. The molecular formula is C20H27N5O6. The molecular weight excluding hydrogens is 406 g/mol. The lowest BCUT2D eigenvalue weighted by atomic mass is 10.0. The molecule has 1 aromatic carbocycles. The Morgan fingerprint density at radius 3 is 2.58 bits per heavy atom. The lowest BCUT2D eigenvalue weighted by molar-refractivity contribution is -0.384. The van der Waals surface area contributed by atoms with Gasteiger partial charge in [-0.2, -0.15) is 5.26 Å². The van der Waals surface area contributed by atoms with Gasteiger partial charge in [-0.1, -0.05) is 0 Å². The highest BCUT2D eigenvalue weighted by atomic mass is 16.6. The van der Waals surface area contributed by atoms with Gasteiger partial charge >= 0.3 is 12.1 Å². The van der Waals surface area contributed by atoms with Crippen LogP contribution in [0, 0.1) is 21.4 Å². The molecule has 11 heteroatoms. The molecule has 0 aromatic heterocycles. The third-order valence-corrected chi connectivity index (χ3v) is 4.78. The Hall–Kier alpha value is -3.39. The van der Waals surface area contributed by atoms with E-state index in [0.29, 0.717) is 13.0 Å². The number of hydrazine groups is 1. The van der Waals surface area contributed by atoms with E-state index in [4.69, 9.17) is 10.6 Å². The molecule has 1 heterocycles. The van der Waals surface area contributed by atoms with Crippen molar-refractivity contribution in [1.82, 2.24) is 4.90 Å². The highest BCUT2D eigenvalue weighted by Gasteiger charge is 2.33. The monoisotopic (exact) mass is 433 g/mol. The van der Waals surface area contributed by atoms with E-state index in [1.165, 1.54) is 11.0 Å². The Bertz CT molecular complexity index is 905. The van der Waals surface area contributed by atoms with Crippen molar-refractivity contribution in [2.45, 2.75) is 51.7 Å². The third-order valence-electron chi connectivity index (χ3n) is 4.78. The normalized spacial score (nSPS) is 16.6. The molecule has 1 atom stereocenters. The van der Waals surface area contributed by atoms with E-state index in [1.807, 2.05) is 6.07 Å². The number of nitro groups is 1. The van der Waals surface area contributed by atoms with Crippen molar-refractivity contribution < 1.29 is 24.0 Å². The quantitative estimate of drug-likeness (QED) is 0.327. The van der Waals surface area contributed by atoms with Gasteiger partial charge in [0, 0.05) is 19.2 Å². The number of ether oxygens (including phenoxy) is 2. The summed E-state index contributed by atoms with van der Waals surface area (Å²) in [6, 6.07) is 3.61. The number of rotatable bonds is 4. The molecule has 1 fully saturated rings. The number of anilines is 1. The number of nitriles is 1. The van der Waals surface area contributed by atoms with Gasteiger partial charge in [0.2, 0.25) is 0 Å². The molecule has 168 valence electrons. The predicted molar refractivity (Wildman–Crippen MR) is 111 cm³/mol. The van der Waals surface area contributed by atoms with Gasteiger partial charge in [0.05, 0.1) is 29.2 Å². The first kappa shape index (κ1) is 23.9. The van der Waals surface area contributed by atoms with Gasteiger partial charge in [-0.25, -0.2) is 15.4 Å². The fourth-order valence-corrected chi connectivity index (χ4v) is 3.37. The number of esters is 1. The number of hydrogen-bond acceptors (Lipinski definition) is 9. The summed E-state index contributed by atoms with van der Waals surface area (Å²) in [7, 11) is 1.14. The zero-order chi connectivity index (χ0) is 23.3. The Labute approximate surface area is 180 Å². The van der Waals surface area contributed by atoms with Crippen molar-refractivity contribution >= 4 is 23.4 Å². The summed E-state index contributed by atoms with van der Waals surface area (Å²) in [5.74, 6) is 5.48. The second kappa shape index (κ2) is 9.61. The average molecular weight is 433 g/mol. The number of nitrogens with two attached hydrogens (primary N) is 1. The van der Waals surface area contributed by atoms with Crippen LogP contribution in [0.25, 0.3) is 0 Å². The Morgan fingerprint density at radius 2 is 2.03 bits per heavy atom. The summed E-state index contributed by atoms with van der Waals surface area (Å²) in [5.41, 5.74) is -1.53. The van der Waals surface area contributed by atoms with Crippen LogP contribution in [0.3, 0.4) is 0 Å². The first-order valence-corrected chi connectivity index (χ1v) is 9.81. The molecule has 31 heavy (non-hydrogen) atoms. The molecule has 1 unspecified atom stereocenters. The number of methoxy groups -OCH3 is 1. The lowest BCUT2D eigenvalue weighted by Gasteiger charge is -2.33. The molecule has 1 aliphatic heterocycles. The maximum atomic E-state index is 12.6. The molecule has 0 radical (unpaired) electrons. The van der Waals surface area contributed by atoms with Crippen LogP contribution in [0.2, 0.25) is 0 Å². The van der Waals surface area contributed by atoms with Crippen LogP contribution in [0.15, 0.2) is 12.1 Å². The number of carbonyl (C=O) groups is 2.